The topological polar surface area (TPSA) is 20.2 Å². The highest BCUT2D eigenvalue weighted by Crippen LogP contribution is 2.17. The Kier molecular flexibility index (Phi) is 8.91. The highest BCUT2D eigenvalue weighted by molar-refractivity contribution is 15.0. The van der Waals surface area contributed by atoms with Gasteiger partial charge in [0.1, 0.15) is 0 Å². The lowest BCUT2D eigenvalue weighted by molar-refractivity contribution is 0.0801. The lowest BCUT2D eigenvalue weighted by Gasteiger charge is -2.21. The summed E-state index contributed by atoms with van der Waals surface area (Å²) in [7, 11) is 0. The molecular formula is C6H14I2O. The first kappa shape index (κ1) is 13.0. The van der Waals surface area contributed by atoms with Crippen molar-refractivity contribution in [3.8, 4) is 0 Å². The van der Waals surface area contributed by atoms with Gasteiger partial charge >= 0.3 is 0 Å². The summed E-state index contributed by atoms with van der Waals surface area (Å²) >= 11 is 4.24. The van der Waals surface area contributed by atoms with Gasteiger partial charge in [-0.2, -0.15) is 0 Å². The van der Waals surface area contributed by atoms with Gasteiger partial charge in [-0.25, -0.2) is 0 Å². The van der Waals surface area contributed by atoms with Gasteiger partial charge in [-0.3, -0.25) is 0 Å². The quantitative estimate of drug-likeness (QED) is 0.662. The first-order chi connectivity index (χ1) is 3.94. The molecule has 1 N–H and O–H groups in total. The van der Waals surface area contributed by atoms with Gasteiger partial charge in [0.2, 0.25) is 0 Å². The summed E-state index contributed by atoms with van der Waals surface area (Å²) in [5.74, 6) is 0. The van der Waals surface area contributed by atoms with Crippen LogP contribution in [0.25, 0.3) is 0 Å². The minimum atomic E-state index is -0.201. The van der Waals surface area contributed by atoms with E-state index in [1.165, 1.54) is 0 Å². The molecule has 1 nitrogen and oxygen atoms in total. The minimum absolute atomic E-state index is 0.0556. The van der Waals surface area contributed by atoms with E-state index >= 15 is 0 Å². The van der Waals surface area contributed by atoms with Crippen molar-refractivity contribution in [2.75, 3.05) is 0 Å². The Balaban J connectivity index is 0. The SMILES string of the molecule is CC(O)C(C)(C)C.II. The Hall–Kier alpha value is 1.42. The van der Waals surface area contributed by atoms with Crippen LogP contribution in [0.4, 0.5) is 0 Å². The van der Waals surface area contributed by atoms with Crippen LogP contribution in [0.3, 0.4) is 0 Å². The molecule has 0 aliphatic rings. The van der Waals surface area contributed by atoms with E-state index in [1.807, 2.05) is 20.8 Å². The summed E-state index contributed by atoms with van der Waals surface area (Å²) in [6.07, 6.45) is -0.201. The predicted octanol–water partition coefficient (Wildman–Crippen LogP) is 3.18. The lowest BCUT2D eigenvalue weighted by Crippen LogP contribution is -2.21. The van der Waals surface area contributed by atoms with Gasteiger partial charge in [-0.15, -0.1) is 0 Å². The summed E-state index contributed by atoms with van der Waals surface area (Å²) in [4.78, 5) is 0. The smallest absolute Gasteiger partial charge is 0.0560 e. The second kappa shape index (κ2) is 6.15. The van der Waals surface area contributed by atoms with Crippen LogP contribution < -0.4 is 0 Å². The molecule has 0 saturated carbocycles. The summed E-state index contributed by atoms with van der Waals surface area (Å²) in [6, 6.07) is 0. The number of aliphatic hydroxyl groups excluding tert-OH is 1. The van der Waals surface area contributed by atoms with Crippen molar-refractivity contribution < 1.29 is 5.11 Å². The fourth-order valence-corrected chi connectivity index (χ4v) is 0. The van der Waals surface area contributed by atoms with Gasteiger partial charge in [-0.05, 0) is 12.3 Å². The normalized spacial score (nSPS) is 13.7. The third-order valence-electron chi connectivity index (χ3n) is 1.25. The molecular weight excluding hydrogens is 342 g/mol. The molecule has 9 heavy (non-hydrogen) atoms. The van der Waals surface area contributed by atoms with Gasteiger partial charge in [0.15, 0.2) is 0 Å². The van der Waals surface area contributed by atoms with Crippen molar-refractivity contribution in [1.82, 2.24) is 0 Å². The molecule has 58 valence electrons. The molecule has 0 spiro atoms. The molecule has 0 amide bonds. The van der Waals surface area contributed by atoms with Crippen LogP contribution >= 0.6 is 37.2 Å². The molecule has 0 saturated heterocycles. The van der Waals surface area contributed by atoms with E-state index in [0.29, 0.717) is 0 Å². The zero-order valence-electron chi connectivity index (χ0n) is 6.28. The van der Waals surface area contributed by atoms with E-state index < -0.39 is 0 Å². The average molecular weight is 356 g/mol. The Bertz CT molecular complexity index is 56.6. The fraction of sp³-hybridized carbons (Fsp3) is 1.00. The third-order valence-corrected chi connectivity index (χ3v) is 1.25. The van der Waals surface area contributed by atoms with Crippen molar-refractivity contribution in [3.05, 3.63) is 0 Å². The molecule has 0 aliphatic carbocycles. The Morgan fingerprint density at radius 3 is 1.33 bits per heavy atom. The molecule has 0 heterocycles. The van der Waals surface area contributed by atoms with Gasteiger partial charge in [0.25, 0.3) is 0 Å². The van der Waals surface area contributed by atoms with E-state index in [-0.39, 0.29) is 11.5 Å². The summed E-state index contributed by atoms with van der Waals surface area (Å²) in [6.45, 7) is 7.84. The monoisotopic (exact) mass is 356 g/mol. The molecule has 0 aromatic carbocycles. The predicted molar refractivity (Wildman–Crippen MR) is 59.2 cm³/mol. The van der Waals surface area contributed by atoms with Crippen LogP contribution in [0.15, 0.2) is 0 Å². The van der Waals surface area contributed by atoms with E-state index in [0.717, 1.165) is 0 Å². The maximum absolute atomic E-state index is 8.89. The molecule has 0 fully saturated rings. The van der Waals surface area contributed by atoms with Crippen molar-refractivity contribution in [2.45, 2.75) is 33.8 Å². The number of hydrogen-bond acceptors (Lipinski definition) is 1. The van der Waals surface area contributed by atoms with Crippen LogP contribution in [-0.4, -0.2) is 11.2 Å². The molecule has 0 radical (unpaired) electrons. The number of rotatable bonds is 0. The first-order valence-electron chi connectivity index (χ1n) is 2.77. The van der Waals surface area contributed by atoms with Gasteiger partial charge in [-0.1, -0.05) is 20.8 Å². The van der Waals surface area contributed by atoms with Crippen molar-refractivity contribution in [3.63, 3.8) is 0 Å². The van der Waals surface area contributed by atoms with E-state index in [4.69, 9.17) is 5.11 Å². The number of hydrogen-bond donors (Lipinski definition) is 1. The van der Waals surface area contributed by atoms with Crippen LogP contribution in [0.5, 0.6) is 0 Å². The molecule has 3 heteroatoms. The largest absolute Gasteiger partial charge is 0.393 e. The van der Waals surface area contributed by atoms with E-state index in [1.54, 1.807) is 6.92 Å². The van der Waals surface area contributed by atoms with Gasteiger partial charge in [0.05, 0.1) is 6.10 Å². The van der Waals surface area contributed by atoms with Gasteiger partial charge < -0.3 is 5.11 Å². The second-order valence-electron chi connectivity index (χ2n) is 3.04. The Morgan fingerprint density at radius 2 is 1.33 bits per heavy atom. The van der Waals surface area contributed by atoms with Gasteiger partial charge in [0, 0.05) is 37.2 Å². The Morgan fingerprint density at radius 1 is 1.22 bits per heavy atom. The standard InChI is InChI=1S/C6H14O.I2/c1-5(7)6(2,3)4;1-2/h5,7H,1-4H3;. The molecule has 0 rings (SSSR count). The van der Waals surface area contributed by atoms with Crippen LogP contribution in [-0.2, 0) is 0 Å². The maximum Gasteiger partial charge on any atom is 0.0560 e. The highest BCUT2D eigenvalue weighted by Gasteiger charge is 2.15. The number of aliphatic hydroxyl groups is 1. The molecule has 1 atom stereocenters. The van der Waals surface area contributed by atoms with Crippen molar-refractivity contribution >= 4 is 37.2 Å². The maximum atomic E-state index is 8.89. The molecule has 0 aromatic heterocycles. The molecule has 0 aliphatic heterocycles. The average Bonchev–Trinajstić information content (AvgIpc) is 1.69. The fourth-order valence-electron chi connectivity index (χ4n) is 0. The highest BCUT2D eigenvalue weighted by atomic mass is 128. The van der Waals surface area contributed by atoms with Crippen LogP contribution in [0, 0.1) is 5.41 Å². The van der Waals surface area contributed by atoms with Crippen molar-refractivity contribution in [1.29, 1.82) is 0 Å². The van der Waals surface area contributed by atoms with Crippen molar-refractivity contribution in [2.24, 2.45) is 5.41 Å². The Labute approximate surface area is 80.9 Å². The summed E-state index contributed by atoms with van der Waals surface area (Å²) < 4.78 is 0. The van der Waals surface area contributed by atoms with Crippen LogP contribution in [0.2, 0.25) is 0 Å². The third kappa shape index (κ3) is 9.42. The molecule has 1 unspecified atom stereocenters. The van der Waals surface area contributed by atoms with E-state index in [2.05, 4.69) is 37.2 Å². The molecule has 0 aromatic rings. The zero-order chi connectivity index (χ0) is 8.08. The van der Waals surface area contributed by atoms with E-state index in [9.17, 15) is 0 Å². The summed E-state index contributed by atoms with van der Waals surface area (Å²) in [5.41, 5.74) is 0.0556. The minimum Gasteiger partial charge on any atom is -0.393 e. The summed E-state index contributed by atoms with van der Waals surface area (Å²) in [5, 5.41) is 8.89. The first-order valence-corrected chi connectivity index (χ1v) is 9.05. The number of halogens is 2. The molecule has 0 bridgehead atoms. The second-order valence-corrected chi connectivity index (χ2v) is 3.04. The zero-order valence-corrected chi connectivity index (χ0v) is 10.6. The van der Waals surface area contributed by atoms with Crippen LogP contribution in [0.1, 0.15) is 27.7 Å². The lowest BCUT2D eigenvalue weighted by atomic mass is 9.91.